The van der Waals surface area contributed by atoms with Crippen LogP contribution in [0, 0.1) is 6.92 Å². The fourth-order valence-corrected chi connectivity index (χ4v) is 3.87. The van der Waals surface area contributed by atoms with Gasteiger partial charge < -0.3 is 15.1 Å². The number of nitrogens with zero attached hydrogens (tertiary/aromatic N) is 2. The van der Waals surface area contributed by atoms with Crippen molar-refractivity contribution in [3.05, 3.63) is 64.2 Å². The number of aryl methyl sites for hydroxylation is 1. The maximum Gasteiger partial charge on any atom is 0.322 e. The molecular weight excluding hydrogens is 350 g/mol. The van der Waals surface area contributed by atoms with Crippen LogP contribution in [0.4, 0.5) is 10.5 Å². The average Bonchev–Trinajstić information content (AvgIpc) is 2.63. The molecule has 1 unspecified atom stereocenters. The smallest absolute Gasteiger partial charge is 0.322 e. The van der Waals surface area contributed by atoms with Crippen LogP contribution in [0.5, 0.6) is 0 Å². The standard InChI is InChI=1S/C20H20ClN3O2/c1-13-2-6-16(7-3-13)22-20(26)23-11-18-17-10-15(21)5-4-14(17)8-9-24(18)19(25)12-23/h2-7,10,18H,8-9,11-12H2,1H3,(H,22,26). The highest BCUT2D eigenvalue weighted by atomic mass is 35.5. The maximum absolute atomic E-state index is 12.7. The fourth-order valence-electron chi connectivity index (χ4n) is 3.69. The molecule has 2 aliphatic rings. The number of piperazine rings is 1. The van der Waals surface area contributed by atoms with Gasteiger partial charge in [0, 0.05) is 23.8 Å². The van der Waals surface area contributed by atoms with E-state index in [2.05, 4.69) is 5.32 Å². The second-order valence-corrected chi connectivity index (χ2v) is 7.31. The first-order valence-corrected chi connectivity index (χ1v) is 9.09. The third-order valence-electron chi connectivity index (χ3n) is 5.10. The number of hydrogen-bond acceptors (Lipinski definition) is 2. The molecular formula is C20H20ClN3O2. The molecule has 6 heteroatoms. The minimum Gasteiger partial charge on any atom is -0.332 e. The number of hydrogen-bond donors (Lipinski definition) is 1. The van der Waals surface area contributed by atoms with E-state index in [0.29, 0.717) is 18.1 Å². The lowest BCUT2D eigenvalue weighted by atomic mass is 9.91. The molecule has 1 saturated heterocycles. The Balaban J connectivity index is 1.56. The SMILES string of the molecule is Cc1ccc(NC(=O)N2CC(=O)N3CCc4ccc(Cl)cc4C3C2)cc1. The molecule has 1 atom stereocenters. The summed E-state index contributed by atoms with van der Waals surface area (Å²) < 4.78 is 0. The van der Waals surface area contributed by atoms with E-state index in [0.717, 1.165) is 23.2 Å². The first-order chi connectivity index (χ1) is 12.5. The molecule has 0 aliphatic carbocycles. The highest BCUT2D eigenvalue weighted by molar-refractivity contribution is 6.30. The summed E-state index contributed by atoms with van der Waals surface area (Å²) in [6, 6.07) is 13.0. The van der Waals surface area contributed by atoms with Crippen LogP contribution in [0.3, 0.4) is 0 Å². The number of rotatable bonds is 1. The Hall–Kier alpha value is -2.53. The molecule has 1 fully saturated rings. The Morgan fingerprint density at radius 1 is 1.19 bits per heavy atom. The zero-order valence-electron chi connectivity index (χ0n) is 14.5. The number of halogens is 1. The Bertz CT molecular complexity index is 866. The van der Waals surface area contributed by atoms with Crippen molar-refractivity contribution in [1.82, 2.24) is 9.80 Å². The molecule has 0 saturated carbocycles. The first-order valence-electron chi connectivity index (χ1n) is 8.71. The molecule has 4 rings (SSSR count). The summed E-state index contributed by atoms with van der Waals surface area (Å²) in [4.78, 5) is 28.7. The van der Waals surface area contributed by atoms with E-state index in [1.54, 1.807) is 4.90 Å². The second kappa shape index (κ2) is 6.65. The summed E-state index contributed by atoms with van der Waals surface area (Å²) in [5.41, 5.74) is 4.10. The molecule has 2 aromatic carbocycles. The van der Waals surface area contributed by atoms with Crippen molar-refractivity contribution in [1.29, 1.82) is 0 Å². The number of urea groups is 1. The molecule has 0 aromatic heterocycles. The summed E-state index contributed by atoms with van der Waals surface area (Å²) in [5.74, 6) is -0.0223. The number of carbonyl (C=O) groups excluding carboxylic acids is 2. The van der Waals surface area contributed by atoms with E-state index in [-0.39, 0.29) is 24.5 Å². The highest BCUT2D eigenvalue weighted by Gasteiger charge is 2.38. The Morgan fingerprint density at radius 3 is 2.73 bits per heavy atom. The predicted molar refractivity (Wildman–Crippen MR) is 101 cm³/mol. The first kappa shape index (κ1) is 16.9. The number of anilines is 1. The summed E-state index contributed by atoms with van der Waals surface area (Å²) >= 11 is 6.17. The molecule has 0 spiro atoms. The van der Waals surface area contributed by atoms with E-state index in [1.807, 2.05) is 54.3 Å². The fraction of sp³-hybridized carbons (Fsp3) is 0.300. The second-order valence-electron chi connectivity index (χ2n) is 6.87. The van der Waals surface area contributed by atoms with Gasteiger partial charge in [-0.15, -0.1) is 0 Å². The van der Waals surface area contributed by atoms with Crippen molar-refractivity contribution in [3.63, 3.8) is 0 Å². The summed E-state index contributed by atoms with van der Waals surface area (Å²) in [5, 5.41) is 3.53. The molecule has 2 aliphatic heterocycles. The van der Waals surface area contributed by atoms with Crippen LogP contribution >= 0.6 is 11.6 Å². The van der Waals surface area contributed by atoms with Gasteiger partial charge in [-0.2, -0.15) is 0 Å². The van der Waals surface area contributed by atoms with Gasteiger partial charge >= 0.3 is 6.03 Å². The molecule has 26 heavy (non-hydrogen) atoms. The van der Waals surface area contributed by atoms with Gasteiger partial charge in [-0.1, -0.05) is 35.4 Å². The number of amides is 3. The van der Waals surface area contributed by atoms with E-state index in [4.69, 9.17) is 11.6 Å². The van der Waals surface area contributed by atoms with Crippen LogP contribution in [0.15, 0.2) is 42.5 Å². The molecule has 2 heterocycles. The largest absolute Gasteiger partial charge is 0.332 e. The van der Waals surface area contributed by atoms with Gasteiger partial charge in [-0.3, -0.25) is 4.79 Å². The van der Waals surface area contributed by atoms with Gasteiger partial charge in [0.1, 0.15) is 6.54 Å². The van der Waals surface area contributed by atoms with Crippen molar-refractivity contribution >= 4 is 29.2 Å². The van der Waals surface area contributed by atoms with Crippen molar-refractivity contribution in [2.75, 3.05) is 25.0 Å². The summed E-state index contributed by atoms with van der Waals surface area (Å²) in [6.45, 7) is 3.25. The van der Waals surface area contributed by atoms with Crippen molar-refractivity contribution in [2.45, 2.75) is 19.4 Å². The normalized spacial score (nSPS) is 19.0. The minimum atomic E-state index is -0.254. The van der Waals surface area contributed by atoms with E-state index >= 15 is 0 Å². The summed E-state index contributed by atoms with van der Waals surface area (Å²) in [6.07, 6.45) is 0.824. The van der Waals surface area contributed by atoms with E-state index < -0.39 is 0 Å². The molecule has 1 N–H and O–H groups in total. The van der Waals surface area contributed by atoms with Crippen LogP contribution in [-0.4, -0.2) is 41.4 Å². The molecule has 3 amide bonds. The van der Waals surface area contributed by atoms with Gasteiger partial charge in [-0.25, -0.2) is 4.79 Å². The third-order valence-corrected chi connectivity index (χ3v) is 5.33. The zero-order valence-corrected chi connectivity index (χ0v) is 15.3. The lowest BCUT2D eigenvalue weighted by Gasteiger charge is -2.44. The zero-order chi connectivity index (χ0) is 18.3. The molecule has 134 valence electrons. The Kier molecular flexibility index (Phi) is 4.32. The van der Waals surface area contributed by atoms with Crippen LogP contribution in [-0.2, 0) is 11.2 Å². The Labute approximate surface area is 157 Å². The van der Waals surface area contributed by atoms with Crippen LogP contribution < -0.4 is 5.32 Å². The molecule has 0 bridgehead atoms. The monoisotopic (exact) mass is 369 g/mol. The topological polar surface area (TPSA) is 52.7 Å². The molecule has 0 radical (unpaired) electrons. The van der Waals surface area contributed by atoms with Gasteiger partial charge in [-0.05, 0) is 48.7 Å². The summed E-state index contributed by atoms with van der Waals surface area (Å²) in [7, 11) is 0. The number of carbonyl (C=O) groups is 2. The van der Waals surface area contributed by atoms with Crippen LogP contribution in [0.1, 0.15) is 22.7 Å². The van der Waals surface area contributed by atoms with Gasteiger partial charge in [0.15, 0.2) is 0 Å². The lowest BCUT2D eigenvalue weighted by molar-refractivity contribution is -0.139. The van der Waals surface area contributed by atoms with Crippen LogP contribution in [0.2, 0.25) is 5.02 Å². The average molecular weight is 370 g/mol. The van der Waals surface area contributed by atoms with Crippen molar-refractivity contribution in [2.24, 2.45) is 0 Å². The molecule has 2 aromatic rings. The quantitative estimate of drug-likeness (QED) is 0.834. The Morgan fingerprint density at radius 2 is 1.96 bits per heavy atom. The number of benzene rings is 2. The van der Waals surface area contributed by atoms with E-state index in [9.17, 15) is 9.59 Å². The van der Waals surface area contributed by atoms with E-state index in [1.165, 1.54) is 5.56 Å². The highest BCUT2D eigenvalue weighted by Crippen LogP contribution is 2.34. The predicted octanol–water partition coefficient (Wildman–Crippen LogP) is 3.62. The number of nitrogens with one attached hydrogen (secondary N) is 1. The third kappa shape index (κ3) is 3.15. The number of fused-ring (bicyclic) bond motifs is 3. The molecule has 5 nitrogen and oxygen atoms in total. The minimum absolute atomic E-state index is 0.0223. The lowest BCUT2D eigenvalue weighted by Crippen LogP contribution is -2.56. The maximum atomic E-state index is 12.7. The van der Waals surface area contributed by atoms with Crippen LogP contribution in [0.25, 0.3) is 0 Å². The van der Waals surface area contributed by atoms with Gasteiger partial charge in [0.25, 0.3) is 0 Å². The van der Waals surface area contributed by atoms with Gasteiger partial charge in [0.05, 0.1) is 6.04 Å². The van der Waals surface area contributed by atoms with Crippen molar-refractivity contribution < 1.29 is 9.59 Å². The van der Waals surface area contributed by atoms with Gasteiger partial charge in [0.2, 0.25) is 5.91 Å². The van der Waals surface area contributed by atoms with Crippen molar-refractivity contribution in [3.8, 4) is 0 Å².